The molecule has 16 heavy (non-hydrogen) atoms. The Hall–Kier alpha value is -0.0800. The molecular formula is C14H29NO. The van der Waals surface area contributed by atoms with E-state index in [9.17, 15) is 0 Å². The third-order valence-electron chi connectivity index (χ3n) is 4.32. The van der Waals surface area contributed by atoms with Crippen LogP contribution < -0.4 is 0 Å². The molecule has 0 atom stereocenters. The van der Waals surface area contributed by atoms with Crippen LogP contribution >= 0.6 is 0 Å². The summed E-state index contributed by atoms with van der Waals surface area (Å²) in [4.78, 5) is 2.58. The summed E-state index contributed by atoms with van der Waals surface area (Å²) in [5.74, 6) is 0.729. The quantitative estimate of drug-likeness (QED) is 0.731. The van der Waals surface area contributed by atoms with Crippen LogP contribution in [0.25, 0.3) is 0 Å². The van der Waals surface area contributed by atoms with Crippen LogP contribution in [-0.2, 0) is 4.74 Å². The Morgan fingerprint density at radius 2 is 1.56 bits per heavy atom. The smallest absolute Gasteiger partial charge is 0.0594 e. The summed E-state index contributed by atoms with van der Waals surface area (Å²) < 4.78 is 5.43. The number of morpholine rings is 1. The molecule has 0 saturated carbocycles. The summed E-state index contributed by atoms with van der Waals surface area (Å²) in [5.41, 5.74) is 0.694. The summed E-state index contributed by atoms with van der Waals surface area (Å²) in [6.45, 7) is 18.1. The molecule has 0 N–H and O–H groups in total. The fourth-order valence-corrected chi connectivity index (χ4v) is 2.60. The predicted octanol–water partition coefficient (Wildman–Crippen LogP) is 3.17. The van der Waals surface area contributed by atoms with Crippen molar-refractivity contribution in [3.63, 3.8) is 0 Å². The van der Waals surface area contributed by atoms with Gasteiger partial charge in [0.15, 0.2) is 0 Å². The summed E-state index contributed by atoms with van der Waals surface area (Å²) in [5, 5.41) is 0. The minimum Gasteiger partial charge on any atom is -0.379 e. The van der Waals surface area contributed by atoms with E-state index in [1.165, 1.54) is 6.42 Å². The Labute approximate surface area is 101 Å². The number of ether oxygens (including phenoxy) is 1. The van der Waals surface area contributed by atoms with Gasteiger partial charge in [-0.2, -0.15) is 0 Å². The summed E-state index contributed by atoms with van der Waals surface area (Å²) in [6.07, 6.45) is 1.25. The maximum atomic E-state index is 5.43. The molecular weight excluding hydrogens is 198 g/mol. The molecule has 1 heterocycles. The molecule has 1 saturated heterocycles. The first kappa shape index (κ1) is 14.0. The van der Waals surface area contributed by atoms with Crippen LogP contribution in [0.15, 0.2) is 0 Å². The maximum absolute atomic E-state index is 5.43. The topological polar surface area (TPSA) is 12.5 Å². The lowest BCUT2D eigenvalue weighted by Crippen LogP contribution is -2.52. The Kier molecular flexibility index (Phi) is 4.42. The van der Waals surface area contributed by atoms with Crippen molar-refractivity contribution < 1.29 is 4.74 Å². The number of hydrogen-bond donors (Lipinski definition) is 0. The summed E-state index contributed by atoms with van der Waals surface area (Å²) >= 11 is 0. The molecule has 0 aromatic rings. The van der Waals surface area contributed by atoms with Gasteiger partial charge in [0.2, 0.25) is 0 Å². The molecule has 96 valence electrons. The van der Waals surface area contributed by atoms with Gasteiger partial charge in [0, 0.05) is 18.6 Å². The molecule has 0 aromatic carbocycles. The second-order valence-corrected chi connectivity index (χ2v) is 6.73. The highest BCUT2D eigenvalue weighted by Crippen LogP contribution is 2.37. The van der Waals surface area contributed by atoms with Gasteiger partial charge in [-0.3, -0.25) is 4.90 Å². The lowest BCUT2D eigenvalue weighted by Gasteiger charge is -2.46. The first-order valence-electron chi connectivity index (χ1n) is 6.58. The molecule has 2 nitrogen and oxygen atoms in total. The molecule has 1 rings (SSSR count). The van der Waals surface area contributed by atoms with Gasteiger partial charge in [0.05, 0.1) is 13.2 Å². The third-order valence-corrected chi connectivity index (χ3v) is 4.32. The van der Waals surface area contributed by atoms with Crippen molar-refractivity contribution in [3.8, 4) is 0 Å². The standard InChI is InChI=1S/C14H29NO/c1-12(2)13(3,4)11-14(5,6)15-7-9-16-10-8-15/h12H,7-11H2,1-6H3. The van der Waals surface area contributed by atoms with E-state index in [0.717, 1.165) is 32.2 Å². The second-order valence-electron chi connectivity index (χ2n) is 6.73. The van der Waals surface area contributed by atoms with E-state index in [1.807, 2.05) is 0 Å². The van der Waals surface area contributed by atoms with E-state index in [-0.39, 0.29) is 5.54 Å². The van der Waals surface area contributed by atoms with Crippen molar-refractivity contribution >= 4 is 0 Å². The van der Waals surface area contributed by atoms with Crippen molar-refractivity contribution in [1.82, 2.24) is 4.90 Å². The molecule has 0 radical (unpaired) electrons. The Morgan fingerprint density at radius 3 is 2.00 bits per heavy atom. The van der Waals surface area contributed by atoms with E-state index in [4.69, 9.17) is 4.74 Å². The highest BCUT2D eigenvalue weighted by molar-refractivity contribution is 4.89. The van der Waals surface area contributed by atoms with Gasteiger partial charge in [0.25, 0.3) is 0 Å². The average molecular weight is 227 g/mol. The van der Waals surface area contributed by atoms with Gasteiger partial charge in [-0.1, -0.05) is 27.7 Å². The highest BCUT2D eigenvalue weighted by Gasteiger charge is 2.35. The van der Waals surface area contributed by atoms with Crippen LogP contribution in [-0.4, -0.2) is 36.7 Å². The van der Waals surface area contributed by atoms with Crippen molar-refractivity contribution in [3.05, 3.63) is 0 Å². The van der Waals surface area contributed by atoms with E-state index in [1.54, 1.807) is 0 Å². The molecule has 0 amide bonds. The van der Waals surface area contributed by atoms with Gasteiger partial charge in [-0.05, 0) is 31.6 Å². The van der Waals surface area contributed by atoms with Gasteiger partial charge in [-0.25, -0.2) is 0 Å². The van der Waals surface area contributed by atoms with Crippen LogP contribution in [0.1, 0.15) is 48.0 Å². The largest absolute Gasteiger partial charge is 0.379 e. The number of nitrogens with zero attached hydrogens (tertiary/aromatic N) is 1. The molecule has 1 aliphatic heterocycles. The molecule has 0 aliphatic carbocycles. The average Bonchev–Trinajstić information content (AvgIpc) is 2.17. The van der Waals surface area contributed by atoms with Crippen molar-refractivity contribution in [2.24, 2.45) is 11.3 Å². The molecule has 1 fully saturated rings. The van der Waals surface area contributed by atoms with Crippen LogP contribution in [0.5, 0.6) is 0 Å². The fraction of sp³-hybridized carbons (Fsp3) is 1.00. The summed E-state index contributed by atoms with van der Waals surface area (Å²) in [7, 11) is 0. The zero-order chi connectivity index (χ0) is 12.4. The molecule has 2 heteroatoms. The van der Waals surface area contributed by atoms with Gasteiger partial charge >= 0.3 is 0 Å². The third kappa shape index (κ3) is 3.46. The Balaban J connectivity index is 2.62. The molecule has 0 bridgehead atoms. The van der Waals surface area contributed by atoms with E-state index in [2.05, 4.69) is 46.4 Å². The van der Waals surface area contributed by atoms with Crippen molar-refractivity contribution in [2.45, 2.75) is 53.5 Å². The minimum atomic E-state index is 0.289. The SMILES string of the molecule is CC(C)C(C)(C)CC(C)(C)N1CCOCC1. The number of hydrogen-bond acceptors (Lipinski definition) is 2. The van der Waals surface area contributed by atoms with Gasteiger partial charge in [-0.15, -0.1) is 0 Å². The minimum absolute atomic E-state index is 0.289. The Morgan fingerprint density at radius 1 is 1.06 bits per heavy atom. The highest BCUT2D eigenvalue weighted by atomic mass is 16.5. The van der Waals surface area contributed by atoms with E-state index >= 15 is 0 Å². The Bertz CT molecular complexity index is 215. The molecule has 0 aromatic heterocycles. The first-order valence-corrected chi connectivity index (χ1v) is 6.58. The molecule has 1 aliphatic rings. The van der Waals surface area contributed by atoms with Crippen LogP contribution in [0, 0.1) is 11.3 Å². The van der Waals surface area contributed by atoms with Crippen molar-refractivity contribution in [1.29, 1.82) is 0 Å². The normalized spacial score (nSPS) is 20.4. The number of rotatable bonds is 4. The summed E-state index contributed by atoms with van der Waals surface area (Å²) in [6, 6.07) is 0. The van der Waals surface area contributed by atoms with Crippen LogP contribution in [0.3, 0.4) is 0 Å². The molecule has 0 spiro atoms. The zero-order valence-electron chi connectivity index (χ0n) is 12.0. The van der Waals surface area contributed by atoms with Gasteiger partial charge in [0.1, 0.15) is 0 Å². The van der Waals surface area contributed by atoms with Crippen LogP contribution in [0.4, 0.5) is 0 Å². The van der Waals surface area contributed by atoms with Crippen LogP contribution in [0.2, 0.25) is 0 Å². The second kappa shape index (κ2) is 5.05. The predicted molar refractivity (Wildman–Crippen MR) is 69.7 cm³/mol. The lowest BCUT2D eigenvalue weighted by atomic mass is 9.72. The maximum Gasteiger partial charge on any atom is 0.0594 e. The van der Waals surface area contributed by atoms with Gasteiger partial charge < -0.3 is 4.74 Å². The zero-order valence-corrected chi connectivity index (χ0v) is 12.0. The fourth-order valence-electron chi connectivity index (χ4n) is 2.60. The monoisotopic (exact) mass is 227 g/mol. The van der Waals surface area contributed by atoms with E-state index < -0.39 is 0 Å². The molecule has 0 unspecified atom stereocenters. The lowest BCUT2D eigenvalue weighted by molar-refractivity contribution is -0.0292. The van der Waals surface area contributed by atoms with E-state index in [0.29, 0.717) is 5.41 Å². The first-order chi connectivity index (χ1) is 7.26. The van der Waals surface area contributed by atoms with Crippen molar-refractivity contribution in [2.75, 3.05) is 26.3 Å².